The molecule has 1 saturated carbocycles. The van der Waals surface area contributed by atoms with E-state index in [0.29, 0.717) is 18.2 Å². The van der Waals surface area contributed by atoms with Crippen LogP contribution in [0.4, 0.5) is 5.69 Å². The van der Waals surface area contributed by atoms with Crippen molar-refractivity contribution in [3.8, 4) is 0 Å². The maximum Gasteiger partial charge on any atom is 0.227 e. The van der Waals surface area contributed by atoms with Gasteiger partial charge in [0.15, 0.2) is 0 Å². The van der Waals surface area contributed by atoms with E-state index in [-0.39, 0.29) is 6.04 Å². The average molecular weight is 272 g/mol. The van der Waals surface area contributed by atoms with E-state index in [2.05, 4.69) is 6.07 Å². The van der Waals surface area contributed by atoms with Crippen LogP contribution < -0.4 is 10.6 Å². The van der Waals surface area contributed by atoms with Crippen molar-refractivity contribution in [2.24, 2.45) is 11.7 Å². The quantitative estimate of drug-likeness (QED) is 0.897. The predicted octanol–water partition coefficient (Wildman–Crippen LogP) is 3.39. The van der Waals surface area contributed by atoms with E-state index >= 15 is 0 Å². The molecule has 1 fully saturated rings. The number of hydrogen-bond acceptors (Lipinski definition) is 2. The number of hydrogen-bond donors (Lipinski definition) is 1. The number of nitrogens with two attached hydrogens (primary N) is 1. The maximum absolute atomic E-state index is 12.7. The van der Waals surface area contributed by atoms with Gasteiger partial charge in [-0.1, -0.05) is 31.0 Å². The smallest absolute Gasteiger partial charge is 0.227 e. The van der Waals surface area contributed by atoms with Crippen molar-refractivity contribution in [3.63, 3.8) is 0 Å². The monoisotopic (exact) mass is 272 g/mol. The van der Waals surface area contributed by atoms with E-state index in [9.17, 15) is 4.79 Å². The number of amides is 1. The Labute approximate surface area is 121 Å². The van der Waals surface area contributed by atoms with Gasteiger partial charge in [-0.05, 0) is 43.2 Å². The molecule has 0 aromatic heterocycles. The van der Waals surface area contributed by atoms with Gasteiger partial charge in [0.1, 0.15) is 0 Å². The Balaban J connectivity index is 1.81. The van der Waals surface area contributed by atoms with Gasteiger partial charge in [-0.25, -0.2) is 0 Å². The van der Waals surface area contributed by atoms with Crippen molar-refractivity contribution in [1.29, 1.82) is 0 Å². The average Bonchev–Trinajstić information content (AvgIpc) is 2.90. The second-order valence-electron chi connectivity index (χ2n) is 6.21. The number of fused-ring (bicyclic) bond motifs is 1. The van der Waals surface area contributed by atoms with Crippen LogP contribution in [0.15, 0.2) is 24.3 Å². The molecule has 2 N–H and O–H groups in total. The molecule has 1 aromatic carbocycles. The van der Waals surface area contributed by atoms with E-state index in [0.717, 1.165) is 30.6 Å². The normalized spacial score (nSPS) is 23.4. The summed E-state index contributed by atoms with van der Waals surface area (Å²) in [6.07, 6.45) is 7.69. The summed E-state index contributed by atoms with van der Waals surface area (Å²) in [5.41, 5.74) is 8.41. The number of rotatable bonds is 2. The molecule has 1 atom stereocenters. The fraction of sp³-hybridized carbons (Fsp3) is 0.588. The van der Waals surface area contributed by atoms with Gasteiger partial charge >= 0.3 is 0 Å². The van der Waals surface area contributed by atoms with Crippen molar-refractivity contribution in [2.75, 3.05) is 11.4 Å². The topological polar surface area (TPSA) is 46.3 Å². The second kappa shape index (κ2) is 5.96. The lowest BCUT2D eigenvalue weighted by Crippen LogP contribution is -2.32. The lowest BCUT2D eigenvalue weighted by molar-refractivity contribution is -0.119. The molecule has 1 aliphatic carbocycles. The van der Waals surface area contributed by atoms with Crippen molar-refractivity contribution < 1.29 is 4.79 Å². The van der Waals surface area contributed by atoms with Crippen LogP contribution in [0, 0.1) is 5.92 Å². The first-order valence-corrected chi connectivity index (χ1v) is 7.90. The van der Waals surface area contributed by atoms with Gasteiger partial charge in [0, 0.05) is 24.7 Å². The third-order valence-corrected chi connectivity index (χ3v) is 4.76. The summed E-state index contributed by atoms with van der Waals surface area (Å²) < 4.78 is 0. The highest BCUT2D eigenvalue weighted by Gasteiger charge is 2.27. The molecule has 1 heterocycles. The highest BCUT2D eigenvalue weighted by Crippen LogP contribution is 2.34. The molecule has 0 bridgehead atoms. The van der Waals surface area contributed by atoms with E-state index in [1.54, 1.807) is 0 Å². The number of para-hydroxylation sites is 1. The molecule has 0 saturated heterocycles. The molecular weight excluding hydrogens is 248 g/mol. The number of carbonyl (C=O) groups excluding carboxylic acids is 1. The van der Waals surface area contributed by atoms with Crippen LogP contribution in [0.5, 0.6) is 0 Å². The Hall–Kier alpha value is -1.35. The molecule has 0 radical (unpaired) electrons. The van der Waals surface area contributed by atoms with Gasteiger partial charge in [0.2, 0.25) is 5.91 Å². The van der Waals surface area contributed by atoms with E-state index in [1.165, 1.54) is 25.7 Å². The zero-order valence-electron chi connectivity index (χ0n) is 12.1. The van der Waals surface area contributed by atoms with Gasteiger partial charge in [0.25, 0.3) is 0 Å². The van der Waals surface area contributed by atoms with Crippen LogP contribution in [0.2, 0.25) is 0 Å². The van der Waals surface area contributed by atoms with Crippen LogP contribution in [-0.4, -0.2) is 12.5 Å². The van der Waals surface area contributed by atoms with Crippen LogP contribution in [0.25, 0.3) is 0 Å². The molecule has 3 heteroatoms. The fourth-order valence-electron chi connectivity index (χ4n) is 3.62. The summed E-state index contributed by atoms with van der Waals surface area (Å²) in [4.78, 5) is 14.6. The first kappa shape index (κ1) is 13.6. The lowest BCUT2D eigenvalue weighted by atomic mass is 10.0. The van der Waals surface area contributed by atoms with Crippen molar-refractivity contribution >= 4 is 11.6 Å². The first-order valence-electron chi connectivity index (χ1n) is 7.90. The van der Waals surface area contributed by atoms with Crippen LogP contribution in [0.1, 0.15) is 56.6 Å². The minimum absolute atomic E-state index is 0.0653. The third kappa shape index (κ3) is 2.73. The summed E-state index contributed by atoms with van der Waals surface area (Å²) in [7, 11) is 0. The van der Waals surface area contributed by atoms with E-state index < -0.39 is 0 Å². The third-order valence-electron chi connectivity index (χ3n) is 4.76. The molecule has 20 heavy (non-hydrogen) atoms. The molecule has 108 valence electrons. The van der Waals surface area contributed by atoms with E-state index in [1.807, 2.05) is 23.1 Å². The Morgan fingerprint density at radius 1 is 1.15 bits per heavy atom. The maximum atomic E-state index is 12.7. The Bertz CT molecular complexity index is 480. The number of carbonyl (C=O) groups is 1. The number of benzene rings is 1. The minimum Gasteiger partial charge on any atom is -0.324 e. The van der Waals surface area contributed by atoms with Gasteiger partial charge in [-0.2, -0.15) is 0 Å². The summed E-state index contributed by atoms with van der Waals surface area (Å²) >= 11 is 0. The summed E-state index contributed by atoms with van der Waals surface area (Å²) in [5, 5.41) is 0. The van der Waals surface area contributed by atoms with Gasteiger partial charge < -0.3 is 10.6 Å². The highest BCUT2D eigenvalue weighted by atomic mass is 16.2. The Kier molecular flexibility index (Phi) is 4.06. The molecule has 3 nitrogen and oxygen atoms in total. The lowest BCUT2D eigenvalue weighted by Gasteiger charge is -2.24. The highest BCUT2D eigenvalue weighted by molar-refractivity contribution is 5.94. The molecule has 1 amide bonds. The molecule has 1 aliphatic heterocycles. The SMILES string of the molecule is NC1CCCN(C(=O)CC2CCCC2)c2ccccc21. The summed E-state index contributed by atoms with van der Waals surface area (Å²) in [6.45, 7) is 0.816. The molecule has 0 spiro atoms. The largest absolute Gasteiger partial charge is 0.324 e. The zero-order chi connectivity index (χ0) is 13.9. The van der Waals surface area contributed by atoms with Crippen LogP contribution >= 0.6 is 0 Å². The van der Waals surface area contributed by atoms with Gasteiger partial charge in [-0.15, -0.1) is 0 Å². The number of anilines is 1. The Morgan fingerprint density at radius 3 is 2.70 bits per heavy atom. The molecule has 2 aliphatic rings. The Morgan fingerprint density at radius 2 is 1.90 bits per heavy atom. The summed E-state index contributed by atoms with van der Waals surface area (Å²) in [5.74, 6) is 0.894. The molecule has 1 unspecified atom stereocenters. The summed E-state index contributed by atoms with van der Waals surface area (Å²) in [6, 6.07) is 8.21. The van der Waals surface area contributed by atoms with Crippen LogP contribution in [-0.2, 0) is 4.79 Å². The number of nitrogens with zero attached hydrogens (tertiary/aromatic N) is 1. The fourth-order valence-corrected chi connectivity index (χ4v) is 3.62. The van der Waals surface area contributed by atoms with Gasteiger partial charge in [-0.3, -0.25) is 4.79 Å². The van der Waals surface area contributed by atoms with Crippen molar-refractivity contribution in [1.82, 2.24) is 0 Å². The standard InChI is InChI=1S/C17H24N2O/c18-15-9-5-11-19(16-10-4-3-8-14(15)16)17(20)12-13-6-1-2-7-13/h3-4,8,10,13,15H,1-2,5-7,9,11-12,18H2. The van der Waals surface area contributed by atoms with Crippen molar-refractivity contribution in [3.05, 3.63) is 29.8 Å². The molecular formula is C17H24N2O. The zero-order valence-corrected chi connectivity index (χ0v) is 12.1. The first-order chi connectivity index (χ1) is 9.75. The van der Waals surface area contributed by atoms with E-state index in [4.69, 9.17) is 5.73 Å². The molecule has 1 aromatic rings. The molecule has 3 rings (SSSR count). The van der Waals surface area contributed by atoms with Crippen molar-refractivity contribution in [2.45, 2.75) is 51.0 Å². The predicted molar refractivity (Wildman–Crippen MR) is 81.5 cm³/mol. The van der Waals surface area contributed by atoms with Crippen LogP contribution in [0.3, 0.4) is 0 Å². The minimum atomic E-state index is 0.0653. The van der Waals surface area contributed by atoms with Gasteiger partial charge in [0.05, 0.1) is 0 Å². The second-order valence-corrected chi connectivity index (χ2v) is 6.21.